The Bertz CT molecular complexity index is 582. The maximum absolute atomic E-state index is 10.8. The maximum Gasteiger partial charge on any atom is 0.202 e. The molecule has 0 aliphatic rings. The molecule has 0 spiro atoms. The first-order valence-corrected chi connectivity index (χ1v) is 6.33. The summed E-state index contributed by atoms with van der Waals surface area (Å²) in [6, 6.07) is 13.8. The predicted octanol–water partition coefficient (Wildman–Crippen LogP) is 2.37. The first kappa shape index (κ1) is 14.3. The zero-order chi connectivity index (χ0) is 14.6. The van der Waals surface area contributed by atoms with Crippen LogP contribution in [0.15, 0.2) is 48.7 Å². The van der Waals surface area contributed by atoms with Gasteiger partial charge in [0.05, 0.1) is 11.2 Å². The highest BCUT2D eigenvalue weighted by molar-refractivity contribution is 6.56. The van der Waals surface area contributed by atoms with Gasteiger partial charge in [-0.25, -0.2) is 5.43 Å². The lowest BCUT2D eigenvalue weighted by molar-refractivity contribution is 0.247. The minimum Gasteiger partial charge on any atom is -0.301 e. The Morgan fingerprint density at radius 3 is 2.40 bits per heavy atom. The average molecular weight is 265 g/mol. The van der Waals surface area contributed by atoms with Crippen LogP contribution in [0.5, 0.6) is 0 Å². The molecule has 0 unspecified atom stereocenters. The molecule has 4 nitrogen and oxygen atoms in total. The van der Waals surface area contributed by atoms with Crippen LogP contribution >= 0.6 is 0 Å². The molecule has 2 N–H and O–H groups in total. The molecule has 0 aliphatic carbocycles. The monoisotopic (exact) mass is 265 g/mol. The molecular formula is C15H16BN3O. The first-order chi connectivity index (χ1) is 9.49. The van der Waals surface area contributed by atoms with E-state index in [9.17, 15) is 4.79 Å². The Morgan fingerprint density at radius 1 is 1.15 bits per heavy atom. The summed E-state index contributed by atoms with van der Waals surface area (Å²) in [6.45, 7) is 3.91. The predicted molar refractivity (Wildman–Crippen MR) is 80.1 cm³/mol. The molecule has 1 amide bonds. The minimum absolute atomic E-state index is 0.419. The second-order valence-corrected chi connectivity index (χ2v) is 5.03. The molecule has 0 aliphatic heterocycles. The number of nitrogens with one attached hydrogen (secondary N) is 2. The average Bonchev–Trinajstić information content (AvgIpc) is 2.46. The number of benzene rings is 1. The number of pyridine rings is 1. The van der Waals surface area contributed by atoms with Crippen molar-refractivity contribution in [1.29, 1.82) is 0 Å². The molecule has 0 atom stereocenters. The third kappa shape index (κ3) is 3.45. The fourth-order valence-corrected chi connectivity index (χ4v) is 1.88. The fourth-order valence-electron chi connectivity index (χ4n) is 1.88. The van der Waals surface area contributed by atoms with E-state index in [0.29, 0.717) is 0 Å². The molecule has 1 heterocycles. The van der Waals surface area contributed by atoms with Crippen LogP contribution in [0.25, 0.3) is 11.3 Å². The summed E-state index contributed by atoms with van der Waals surface area (Å²) in [5, 5.41) is 0. The minimum atomic E-state index is -0.608. The molecule has 5 heteroatoms. The highest BCUT2D eigenvalue weighted by Crippen LogP contribution is 2.23. The number of hydrogen-bond donors (Lipinski definition) is 2. The number of hydrazine groups is 1. The van der Waals surface area contributed by atoms with Crippen LogP contribution in [0.1, 0.15) is 19.4 Å². The molecule has 0 fully saturated rings. The van der Waals surface area contributed by atoms with Crippen molar-refractivity contribution in [3.05, 3.63) is 54.2 Å². The van der Waals surface area contributed by atoms with Gasteiger partial charge in [-0.3, -0.25) is 9.78 Å². The van der Waals surface area contributed by atoms with Gasteiger partial charge in [-0.1, -0.05) is 30.3 Å². The van der Waals surface area contributed by atoms with Crippen molar-refractivity contribution >= 4 is 13.7 Å². The van der Waals surface area contributed by atoms with Crippen LogP contribution in [0.3, 0.4) is 0 Å². The Balaban J connectivity index is 2.17. The van der Waals surface area contributed by atoms with Gasteiger partial charge in [0.1, 0.15) is 0 Å². The van der Waals surface area contributed by atoms with Crippen LogP contribution in [0.2, 0.25) is 0 Å². The standard InChI is InChI=1S/C15H16BN3O/c1-15(2,19-18-14(16)20)12-8-6-11(7-9-12)13-5-3-4-10-17-13/h3-10,19H,1-2H3,(H,18,20). The van der Waals surface area contributed by atoms with Crippen LogP contribution in [-0.2, 0) is 5.54 Å². The van der Waals surface area contributed by atoms with Crippen molar-refractivity contribution in [2.75, 3.05) is 0 Å². The fraction of sp³-hybridized carbons (Fsp3) is 0.200. The second kappa shape index (κ2) is 5.88. The van der Waals surface area contributed by atoms with Gasteiger partial charge in [-0.05, 0) is 31.5 Å². The van der Waals surface area contributed by atoms with Crippen LogP contribution < -0.4 is 10.9 Å². The number of carbonyl (C=O) groups is 1. The summed E-state index contributed by atoms with van der Waals surface area (Å²) in [6.07, 6.45) is 1.77. The number of aromatic nitrogens is 1. The van der Waals surface area contributed by atoms with E-state index >= 15 is 0 Å². The summed E-state index contributed by atoms with van der Waals surface area (Å²) in [5.74, 6) is -0.608. The summed E-state index contributed by atoms with van der Waals surface area (Å²) in [5.41, 5.74) is 7.89. The molecule has 2 radical (unpaired) electrons. The van der Waals surface area contributed by atoms with E-state index in [-0.39, 0.29) is 0 Å². The van der Waals surface area contributed by atoms with E-state index in [2.05, 4.69) is 15.8 Å². The molecule has 0 saturated carbocycles. The van der Waals surface area contributed by atoms with E-state index in [4.69, 9.17) is 7.85 Å². The molecule has 2 rings (SSSR count). The van der Waals surface area contributed by atoms with Crippen molar-refractivity contribution < 1.29 is 4.79 Å². The van der Waals surface area contributed by atoms with Crippen molar-refractivity contribution in [2.24, 2.45) is 0 Å². The van der Waals surface area contributed by atoms with E-state index in [0.717, 1.165) is 16.8 Å². The highest BCUT2D eigenvalue weighted by Gasteiger charge is 2.20. The van der Waals surface area contributed by atoms with E-state index in [1.807, 2.05) is 56.3 Å². The zero-order valence-electron chi connectivity index (χ0n) is 11.6. The number of nitrogens with zero attached hydrogens (tertiary/aromatic N) is 1. The van der Waals surface area contributed by atoms with Gasteiger partial charge in [-0.2, -0.15) is 0 Å². The number of hydrogen-bond acceptors (Lipinski definition) is 3. The third-order valence-electron chi connectivity index (χ3n) is 3.07. The molecule has 1 aromatic heterocycles. The number of rotatable bonds is 4. The van der Waals surface area contributed by atoms with E-state index < -0.39 is 11.3 Å². The molecule has 2 aromatic rings. The normalized spacial score (nSPS) is 11.1. The van der Waals surface area contributed by atoms with Crippen LogP contribution in [0, 0.1) is 0 Å². The third-order valence-corrected chi connectivity index (χ3v) is 3.07. The summed E-state index contributed by atoms with van der Waals surface area (Å²) < 4.78 is 0. The van der Waals surface area contributed by atoms with Crippen LogP contribution in [0.4, 0.5) is 4.79 Å². The largest absolute Gasteiger partial charge is 0.301 e. The highest BCUT2D eigenvalue weighted by atomic mass is 16.1. The Labute approximate surface area is 120 Å². The molecule has 0 bridgehead atoms. The topological polar surface area (TPSA) is 54.0 Å². The van der Waals surface area contributed by atoms with Gasteiger partial charge < -0.3 is 5.43 Å². The van der Waals surface area contributed by atoms with Gasteiger partial charge in [0, 0.05) is 11.8 Å². The number of amides is 1. The van der Waals surface area contributed by atoms with Crippen molar-refractivity contribution in [1.82, 2.24) is 15.8 Å². The van der Waals surface area contributed by atoms with Gasteiger partial charge in [0.2, 0.25) is 7.85 Å². The first-order valence-electron chi connectivity index (χ1n) is 6.33. The van der Waals surface area contributed by atoms with Gasteiger partial charge in [0.25, 0.3) is 0 Å². The van der Waals surface area contributed by atoms with Crippen molar-refractivity contribution in [3.8, 4) is 11.3 Å². The Morgan fingerprint density at radius 2 is 1.85 bits per heavy atom. The van der Waals surface area contributed by atoms with E-state index in [1.54, 1.807) is 6.20 Å². The smallest absolute Gasteiger partial charge is 0.202 e. The van der Waals surface area contributed by atoms with Gasteiger partial charge in [-0.15, -0.1) is 0 Å². The maximum atomic E-state index is 10.8. The SMILES string of the molecule is [B]C(=O)NNC(C)(C)c1ccc(-c2ccccn2)cc1. The number of carbonyl (C=O) groups excluding carboxylic acids is 1. The second-order valence-electron chi connectivity index (χ2n) is 5.03. The van der Waals surface area contributed by atoms with Crippen LogP contribution in [-0.4, -0.2) is 18.6 Å². The van der Waals surface area contributed by atoms with Gasteiger partial charge in [0.15, 0.2) is 5.81 Å². The lowest BCUT2D eigenvalue weighted by atomic mass is 9.93. The molecule has 0 saturated heterocycles. The lowest BCUT2D eigenvalue weighted by Gasteiger charge is -2.27. The molecular weight excluding hydrogens is 249 g/mol. The lowest BCUT2D eigenvalue weighted by Crippen LogP contribution is -2.48. The summed E-state index contributed by atoms with van der Waals surface area (Å²) in [7, 11) is 5.06. The van der Waals surface area contributed by atoms with E-state index in [1.165, 1.54) is 0 Å². The molecule has 20 heavy (non-hydrogen) atoms. The summed E-state index contributed by atoms with van der Waals surface area (Å²) in [4.78, 5) is 15.1. The Kier molecular flexibility index (Phi) is 4.20. The van der Waals surface area contributed by atoms with Crippen molar-refractivity contribution in [2.45, 2.75) is 19.4 Å². The summed E-state index contributed by atoms with van der Waals surface area (Å²) >= 11 is 0. The Hall–Kier alpha value is -2.14. The zero-order valence-corrected chi connectivity index (χ0v) is 11.6. The quantitative estimate of drug-likeness (QED) is 0.659. The molecule has 1 aromatic carbocycles. The molecule has 100 valence electrons. The van der Waals surface area contributed by atoms with Gasteiger partial charge >= 0.3 is 0 Å². The van der Waals surface area contributed by atoms with Crippen molar-refractivity contribution in [3.63, 3.8) is 0 Å².